The van der Waals surface area contributed by atoms with Gasteiger partial charge in [0.1, 0.15) is 0 Å². The quantitative estimate of drug-likeness (QED) is 0.890. The fourth-order valence-corrected chi connectivity index (χ4v) is 3.11. The number of nitrogens with one attached hydrogen (secondary N) is 1. The number of rotatable bonds is 6. The Morgan fingerprint density at radius 3 is 2.78 bits per heavy atom. The SMILES string of the molecule is CC(CNC(=O)c1ccccc1-n1cccn1)CN1CCCC1. The Kier molecular flexibility index (Phi) is 5.08. The largest absolute Gasteiger partial charge is 0.352 e. The molecule has 1 aromatic carbocycles. The van der Waals surface area contributed by atoms with E-state index in [0.717, 1.165) is 12.2 Å². The van der Waals surface area contributed by atoms with Gasteiger partial charge in [-0.05, 0) is 50.0 Å². The van der Waals surface area contributed by atoms with Crippen LogP contribution >= 0.6 is 0 Å². The normalized spacial score (nSPS) is 16.4. The topological polar surface area (TPSA) is 50.2 Å². The molecule has 2 aromatic rings. The van der Waals surface area contributed by atoms with Crippen LogP contribution in [0.2, 0.25) is 0 Å². The summed E-state index contributed by atoms with van der Waals surface area (Å²) in [6, 6.07) is 9.42. The summed E-state index contributed by atoms with van der Waals surface area (Å²) >= 11 is 0. The van der Waals surface area contributed by atoms with Crippen LogP contribution in [0.15, 0.2) is 42.7 Å². The van der Waals surface area contributed by atoms with E-state index < -0.39 is 0 Å². The van der Waals surface area contributed by atoms with Crippen molar-refractivity contribution in [3.63, 3.8) is 0 Å². The Morgan fingerprint density at radius 2 is 2.04 bits per heavy atom. The van der Waals surface area contributed by atoms with E-state index >= 15 is 0 Å². The molecular weight excluding hydrogens is 288 g/mol. The van der Waals surface area contributed by atoms with Crippen LogP contribution < -0.4 is 5.32 Å². The highest BCUT2D eigenvalue weighted by Crippen LogP contribution is 2.14. The van der Waals surface area contributed by atoms with Gasteiger partial charge in [-0.25, -0.2) is 4.68 Å². The van der Waals surface area contributed by atoms with Crippen LogP contribution in [0.5, 0.6) is 0 Å². The number of amides is 1. The minimum atomic E-state index is -0.0376. The molecule has 1 aliphatic heterocycles. The van der Waals surface area contributed by atoms with Crippen molar-refractivity contribution in [3.8, 4) is 5.69 Å². The summed E-state index contributed by atoms with van der Waals surface area (Å²) in [5, 5.41) is 7.29. The van der Waals surface area contributed by atoms with E-state index in [0.29, 0.717) is 18.0 Å². The van der Waals surface area contributed by atoms with Gasteiger partial charge in [-0.15, -0.1) is 0 Å². The molecule has 1 aromatic heterocycles. The number of nitrogens with zero attached hydrogens (tertiary/aromatic N) is 3. The summed E-state index contributed by atoms with van der Waals surface area (Å²) in [4.78, 5) is 15.0. The van der Waals surface area contributed by atoms with Gasteiger partial charge >= 0.3 is 0 Å². The van der Waals surface area contributed by atoms with Crippen LogP contribution in [0, 0.1) is 5.92 Å². The highest BCUT2D eigenvalue weighted by atomic mass is 16.1. The molecule has 1 N–H and O–H groups in total. The molecule has 1 aliphatic rings. The van der Waals surface area contributed by atoms with Gasteiger partial charge in [0.05, 0.1) is 11.3 Å². The van der Waals surface area contributed by atoms with Gasteiger partial charge in [0.2, 0.25) is 0 Å². The molecule has 3 rings (SSSR count). The first-order valence-electron chi connectivity index (χ1n) is 8.33. The third kappa shape index (κ3) is 3.99. The van der Waals surface area contributed by atoms with Gasteiger partial charge in [0.15, 0.2) is 0 Å². The molecule has 2 heterocycles. The molecule has 23 heavy (non-hydrogen) atoms. The number of para-hydroxylation sites is 1. The van der Waals surface area contributed by atoms with Gasteiger partial charge in [-0.2, -0.15) is 5.10 Å². The first-order chi connectivity index (χ1) is 11.2. The molecule has 5 nitrogen and oxygen atoms in total. The average molecular weight is 312 g/mol. The van der Waals surface area contributed by atoms with Gasteiger partial charge < -0.3 is 10.2 Å². The lowest BCUT2D eigenvalue weighted by Crippen LogP contribution is -2.34. The Labute approximate surface area is 137 Å². The second-order valence-corrected chi connectivity index (χ2v) is 6.29. The zero-order valence-electron chi connectivity index (χ0n) is 13.6. The van der Waals surface area contributed by atoms with E-state index in [2.05, 4.69) is 22.2 Å². The number of likely N-dealkylation sites (tertiary alicyclic amines) is 1. The van der Waals surface area contributed by atoms with Crippen molar-refractivity contribution in [2.45, 2.75) is 19.8 Å². The van der Waals surface area contributed by atoms with Crippen molar-refractivity contribution in [1.82, 2.24) is 20.0 Å². The molecule has 0 bridgehead atoms. The van der Waals surface area contributed by atoms with E-state index in [1.165, 1.54) is 25.9 Å². The fraction of sp³-hybridized carbons (Fsp3) is 0.444. The molecule has 0 saturated carbocycles. The lowest BCUT2D eigenvalue weighted by molar-refractivity contribution is 0.0945. The Morgan fingerprint density at radius 1 is 1.26 bits per heavy atom. The highest BCUT2D eigenvalue weighted by molar-refractivity contribution is 5.97. The first-order valence-corrected chi connectivity index (χ1v) is 8.33. The zero-order valence-corrected chi connectivity index (χ0v) is 13.6. The molecular formula is C18H24N4O. The molecule has 122 valence electrons. The molecule has 5 heteroatoms. The van der Waals surface area contributed by atoms with Gasteiger partial charge in [0, 0.05) is 25.5 Å². The van der Waals surface area contributed by atoms with E-state index in [9.17, 15) is 4.79 Å². The predicted octanol–water partition coefficient (Wildman–Crippen LogP) is 2.33. The zero-order chi connectivity index (χ0) is 16.1. The third-order valence-electron chi connectivity index (χ3n) is 4.28. The second-order valence-electron chi connectivity index (χ2n) is 6.29. The minimum Gasteiger partial charge on any atom is -0.352 e. The molecule has 1 saturated heterocycles. The number of hydrogen-bond donors (Lipinski definition) is 1. The average Bonchev–Trinajstić information content (AvgIpc) is 3.26. The van der Waals surface area contributed by atoms with Crippen LogP contribution in [0.3, 0.4) is 0 Å². The van der Waals surface area contributed by atoms with Crippen molar-refractivity contribution < 1.29 is 4.79 Å². The van der Waals surface area contributed by atoms with E-state index in [1.54, 1.807) is 10.9 Å². The van der Waals surface area contributed by atoms with Crippen LogP contribution in [-0.4, -0.2) is 46.8 Å². The number of hydrogen-bond acceptors (Lipinski definition) is 3. The summed E-state index contributed by atoms with van der Waals surface area (Å²) in [7, 11) is 0. The molecule has 0 spiro atoms. The van der Waals surface area contributed by atoms with Crippen molar-refractivity contribution >= 4 is 5.91 Å². The van der Waals surface area contributed by atoms with E-state index in [1.807, 2.05) is 36.5 Å². The molecule has 1 atom stereocenters. The monoisotopic (exact) mass is 312 g/mol. The van der Waals surface area contributed by atoms with Crippen LogP contribution in [0.4, 0.5) is 0 Å². The minimum absolute atomic E-state index is 0.0376. The Balaban J connectivity index is 1.60. The summed E-state index contributed by atoms with van der Waals surface area (Å²) in [5.41, 5.74) is 1.46. The van der Waals surface area contributed by atoms with Crippen molar-refractivity contribution in [2.24, 2.45) is 5.92 Å². The van der Waals surface area contributed by atoms with E-state index in [-0.39, 0.29) is 5.91 Å². The summed E-state index contributed by atoms with van der Waals surface area (Å²) in [6.07, 6.45) is 6.17. The lowest BCUT2D eigenvalue weighted by atomic mass is 10.1. The van der Waals surface area contributed by atoms with E-state index in [4.69, 9.17) is 0 Å². The summed E-state index contributed by atoms with van der Waals surface area (Å²) in [6.45, 7) is 6.34. The highest BCUT2D eigenvalue weighted by Gasteiger charge is 2.17. The summed E-state index contributed by atoms with van der Waals surface area (Å²) in [5.74, 6) is 0.415. The third-order valence-corrected chi connectivity index (χ3v) is 4.28. The molecule has 1 fully saturated rings. The van der Waals surface area contributed by atoms with Gasteiger partial charge in [-0.3, -0.25) is 4.79 Å². The molecule has 1 unspecified atom stereocenters. The van der Waals surface area contributed by atoms with Crippen molar-refractivity contribution in [3.05, 3.63) is 48.3 Å². The maximum absolute atomic E-state index is 12.5. The Hall–Kier alpha value is -2.14. The van der Waals surface area contributed by atoms with Crippen molar-refractivity contribution in [2.75, 3.05) is 26.2 Å². The summed E-state index contributed by atoms with van der Waals surface area (Å²) < 4.78 is 1.72. The first kappa shape index (κ1) is 15.7. The number of carbonyl (C=O) groups is 1. The Bertz CT molecular complexity index is 632. The standard InChI is InChI=1S/C18H24N4O/c1-15(14-21-10-4-5-11-21)13-19-18(23)16-7-2-3-8-17(16)22-12-6-9-20-22/h2-3,6-9,12,15H,4-5,10-11,13-14H2,1H3,(H,19,23). The fourth-order valence-electron chi connectivity index (χ4n) is 3.11. The second kappa shape index (κ2) is 7.42. The number of benzene rings is 1. The smallest absolute Gasteiger partial charge is 0.253 e. The number of aromatic nitrogens is 2. The van der Waals surface area contributed by atoms with Crippen LogP contribution in [0.1, 0.15) is 30.1 Å². The van der Waals surface area contributed by atoms with Crippen molar-refractivity contribution in [1.29, 1.82) is 0 Å². The molecule has 1 amide bonds. The number of carbonyl (C=O) groups excluding carboxylic acids is 1. The molecule has 0 radical (unpaired) electrons. The van der Waals surface area contributed by atoms with Gasteiger partial charge in [-0.1, -0.05) is 19.1 Å². The maximum atomic E-state index is 12.5. The van der Waals surface area contributed by atoms with Gasteiger partial charge in [0.25, 0.3) is 5.91 Å². The lowest BCUT2D eigenvalue weighted by Gasteiger charge is -2.20. The predicted molar refractivity (Wildman–Crippen MR) is 90.7 cm³/mol. The molecule has 0 aliphatic carbocycles. The van der Waals surface area contributed by atoms with Crippen LogP contribution in [0.25, 0.3) is 5.69 Å². The van der Waals surface area contributed by atoms with Crippen LogP contribution in [-0.2, 0) is 0 Å². The maximum Gasteiger partial charge on any atom is 0.253 e.